The van der Waals surface area contributed by atoms with Crippen LogP contribution in [0.5, 0.6) is 17.2 Å². The van der Waals surface area contributed by atoms with Gasteiger partial charge in [-0.25, -0.2) is 0 Å². The van der Waals surface area contributed by atoms with Crippen molar-refractivity contribution >= 4 is 5.78 Å². The normalized spacial score (nSPS) is 26.2. The maximum absolute atomic E-state index is 11.8. The summed E-state index contributed by atoms with van der Waals surface area (Å²) in [5.41, 5.74) is 2.91. The molecule has 1 aromatic rings. The SMILES string of the molecule is CC(=O)c1c(O)cc2c(c1O)[C@H]1C[C@@](C)(CCC1=C(C)C)O2. The Labute approximate surface area is 130 Å². The summed E-state index contributed by atoms with van der Waals surface area (Å²) >= 11 is 0. The molecule has 1 aliphatic heterocycles. The number of carbonyl (C=O) groups is 1. The van der Waals surface area contributed by atoms with Crippen LogP contribution < -0.4 is 4.74 Å². The summed E-state index contributed by atoms with van der Waals surface area (Å²) < 4.78 is 6.06. The van der Waals surface area contributed by atoms with E-state index in [0.717, 1.165) is 19.3 Å². The van der Waals surface area contributed by atoms with Crippen molar-refractivity contribution < 1.29 is 19.7 Å². The van der Waals surface area contributed by atoms with E-state index in [0.29, 0.717) is 11.3 Å². The topological polar surface area (TPSA) is 66.8 Å². The van der Waals surface area contributed by atoms with Gasteiger partial charge in [-0.1, -0.05) is 11.1 Å². The third-order valence-corrected chi connectivity index (χ3v) is 4.96. The highest BCUT2D eigenvalue weighted by Crippen LogP contribution is 2.56. The molecule has 3 rings (SSSR count). The van der Waals surface area contributed by atoms with Gasteiger partial charge in [0.05, 0.1) is 0 Å². The van der Waals surface area contributed by atoms with Crippen LogP contribution in [0.1, 0.15) is 68.8 Å². The molecule has 0 radical (unpaired) electrons. The standard InChI is InChI=1S/C18H22O4/c1-9(2)11-5-6-18(4)8-12(11)16-14(22-18)7-13(20)15(10(3)19)17(16)21/h7,12,20-21H,5-6,8H2,1-4H3/t12-,18+/m0/s1. The third kappa shape index (κ3) is 2.09. The molecule has 1 saturated carbocycles. The second-order valence-corrected chi connectivity index (χ2v) is 6.92. The van der Waals surface area contributed by atoms with Gasteiger partial charge in [0.25, 0.3) is 0 Å². The van der Waals surface area contributed by atoms with Gasteiger partial charge in [0.2, 0.25) is 0 Å². The van der Waals surface area contributed by atoms with Gasteiger partial charge in [-0.15, -0.1) is 0 Å². The molecule has 4 nitrogen and oxygen atoms in total. The summed E-state index contributed by atoms with van der Waals surface area (Å²) in [6.45, 7) is 7.57. The average Bonchev–Trinajstić information content (AvgIpc) is 2.35. The van der Waals surface area contributed by atoms with E-state index in [1.807, 2.05) is 0 Å². The Kier molecular flexibility index (Phi) is 3.24. The Bertz CT molecular complexity index is 698. The zero-order chi connectivity index (χ0) is 16.2. The van der Waals surface area contributed by atoms with E-state index in [1.54, 1.807) is 0 Å². The zero-order valence-electron chi connectivity index (χ0n) is 13.5. The highest BCUT2D eigenvalue weighted by Gasteiger charge is 2.45. The van der Waals surface area contributed by atoms with Crippen molar-refractivity contribution in [3.63, 3.8) is 0 Å². The molecule has 1 aliphatic carbocycles. The van der Waals surface area contributed by atoms with Gasteiger partial charge in [-0.2, -0.15) is 0 Å². The number of carbonyl (C=O) groups excluding carboxylic acids is 1. The number of phenols is 2. The zero-order valence-corrected chi connectivity index (χ0v) is 13.5. The lowest BCUT2D eigenvalue weighted by atomic mass is 9.69. The first-order valence-electron chi connectivity index (χ1n) is 7.68. The molecule has 2 aliphatic rings. The van der Waals surface area contributed by atoms with E-state index in [9.17, 15) is 15.0 Å². The van der Waals surface area contributed by atoms with Crippen molar-refractivity contribution in [2.75, 3.05) is 0 Å². The molecule has 0 aromatic heterocycles. The Balaban J connectivity index is 2.28. The highest BCUT2D eigenvalue weighted by molar-refractivity contribution is 6.00. The molecular formula is C18H22O4. The van der Waals surface area contributed by atoms with Crippen LogP contribution in [-0.2, 0) is 0 Å². The molecule has 1 fully saturated rings. The van der Waals surface area contributed by atoms with E-state index in [2.05, 4.69) is 20.8 Å². The summed E-state index contributed by atoms with van der Waals surface area (Å²) in [5.74, 6) is -0.148. The average molecular weight is 302 g/mol. The predicted molar refractivity (Wildman–Crippen MR) is 83.8 cm³/mol. The van der Waals surface area contributed by atoms with Gasteiger partial charge in [0.15, 0.2) is 5.78 Å². The summed E-state index contributed by atoms with van der Waals surface area (Å²) in [5, 5.41) is 20.7. The second-order valence-electron chi connectivity index (χ2n) is 6.92. The number of hydrogen-bond donors (Lipinski definition) is 2. The van der Waals surface area contributed by atoms with Crippen LogP contribution in [0, 0.1) is 0 Å². The fourth-order valence-corrected chi connectivity index (χ4v) is 3.88. The summed E-state index contributed by atoms with van der Waals surface area (Å²) in [4.78, 5) is 11.8. The number of allylic oxidation sites excluding steroid dienone is 2. The first-order valence-corrected chi connectivity index (χ1v) is 7.68. The van der Waals surface area contributed by atoms with Crippen molar-refractivity contribution in [2.24, 2.45) is 0 Å². The van der Waals surface area contributed by atoms with Gasteiger partial charge in [-0.3, -0.25) is 4.79 Å². The number of aromatic hydroxyl groups is 2. The van der Waals surface area contributed by atoms with Gasteiger partial charge in [-0.05, 0) is 47.0 Å². The van der Waals surface area contributed by atoms with Crippen molar-refractivity contribution in [1.29, 1.82) is 0 Å². The van der Waals surface area contributed by atoms with Gasteiger partial charge >= 0.3 is 0 Å². The van der Waals surface area contributed by atoms with E-state index >= 15 is 0 Å². The number of fused-ring (bicyclic) bond motifs is 4. The predicted octanol–water partition coefficient (Wildman–Crippen LogP) is 4.06. The molecule has 0 spiro atoms. The molecule has 118 valence electrons. The number of ketones is 1. The van der Waals surface area contributed by atoms with Crippen molar-refractivity contribution in [3.05, 3.63) is 28.3 Å². The minimum absolute atomic E-state index is 0.00960. The second kappa shape index (κ2) is 4.77. The number of Topliss-reactive ketones (excluding diaryl/α,β-unsaturated/α-hetero) is 1. The number of ether oxygens (including phenoxy) is 1. The fraction of sp³-hybridized carbons (Fsp3) is 0.500. The number of hydrogen-bond acceptors (Lipinski definition) is 4. The van der Waals surface area contributed by atoms with E-state index in [-0.39, 0.29) is 34.4 Å². The van der Waals surface area contributed by atoms with Crippen LogP contribution in [0.25, 0.3) is 0 Å². The Hall–Kier alpha value is -1.97. The van der Waals surface area contributed by atoms with Crippen LogP contribution in [0.3, 0.4) is 0 Å². The third-order valence-electron chi connectivity index (χ3n) is 4.96. The lowest BCUT2D eigenvalue weighted by molar-refractivity contribution is 0.0343. The first-order chi connectivity index (χ1) is 10.2. The molecule has 0 saturated heterocycles. The van der Waals surface area contributed by atoms with E-state index in [1.165, 1.54) is 24.1 Å². The summed E-state index contributed by atoms with van der Waals surface area (Å²) in [6, 6.07) is 1.48. The summed E-state index contributed by atoms with van der Waals surface area (Å²) in [7, 11) is 0. The molecule has 1 heterocycles. The molecule has 2 bridgehead atoms. The van der Waals surface area contributed by atoms with Crippen molar-refractivity contribution in [2.45, 2.75) is 58.5 Å². The molecule has 1 aromatic carbocycles. The van der Waals surface area contributed by atoms with Crippen LogP contribution in [0.15, 0.2) is 17.2 Å². The number of benzene rings is 1. The minimum Gasteiger partial charge on any atom is -0.507 e. The maximum atomic E-state index is 11.8. The monoisotopic (exact) mass is 302 g/mol. The van der Waals surface area contributed by atoms with Gasteiger partial charge in [0, 0.05) is 17.5 Å². The molecule has 0 unspecified atom stereocenters. The highest BCUT2D eigenvalue weighted by atomic mass is 16.5. The van der Waals surface area contributed by atoms with E-state index < -0.39 is 0 Å². The molecular weight excluding hydrogens is 280 g/mol. The molecule has 2 atom stereocenters. The molecule has 22 heavy (non-hydrogen) atoms. The van der Waals surface area contributed by atoms with Gasteiger partial charge in [0.1, 0.15) is 28.4 Å². The molecule has 0 amide bonds. The van der Waals surface area contributed by atoms with Crippen LogP contribution in [-0.4, -0.2) is 21.6 Å². The Morgan fingerprint density at radius 1 is 1.32 bits per heavy atom. The number of rotatable bonds is 1. The largest absolute Gasteiger partial charge is 0.507 e. The lowest BCUT2D eigenvalue weighted by Crippen LogP contribution is -2.42. The van der Waals surface area contributed by atoms with Crippen molar-refractivity contribution in [1.82, 2.24) is 0 Å². The van der Waals surface area contributed by atoms with Crippen LogP contribution in [0.2, 0.25) is 0 Å². The van der Waals surface area contributed by atoms with Gasteiger partial charge < -0.3 is 14.9 Å². The Morgan fingerprint density at radius 3 is 2.59 bits per heavy atom. The molecule has 4 heteroatoms. The smallest absolute Gasteiger partial charge is 0.167 e. The molecule has 2 N–H and O–H groups in total. The lowest BCUT2D eigenvalue weighted by Gasteiger charge is -2.46. The van der Waals surface area contributed by atoms with Crippen molar-refractivity contribution in [3.8, 4) is 17.2 Å². The van der Waals surface area contributed by atoms with E-state index in [4.69, 9.17) is 4.74 Å². The maximum Gasteiger partial charge on any atom is 0.167 e. The van der Waals surface area contributed by atoms with Crippen LogP contribution >= 0.6 is 0 Å². The van der Waals surface area contributed by atoms with Crippen LogP contribution in [0.4, 0.5) is 0 Å². The quantitative estimate of drug-likeness (QED) is 0.606. The fourth-order valence-electron chi connectivity index (χ4n) is 3.88. The first kappa shape index (κ1) is 14.9. The number of phenolic OH excluding ortho intramolecular Hbond substituents is 2. The minimum atomic E-state index is -0.347. The Morgan fingerprint density at radius 2 is 2.00 bits per heavy atom. The summed E-state index contributed by atoms with van der Waals surface area (Å²) in [6.07, 6.45) is 2.63.